The Balaban J connectivity index is 1.57. The molecule has 1 aliphatic rings. The predicted molar refractivity (Wildman–Crippen MR) is 112 cm³/mol. The van der Waals surface area contributed by atoms with Gasteiger partial charge in [-0.25, -0.2) is 13.2 Å². The predicted octanol–water partition coefficient (Wildman–Crippen LogP) is 3.66. The average Bonchev–Trinajstić information content (AvgIpc) is 2.79. The summed E-state index contributed by atoms with van der Waals surface area (Å²) < 4.78 is 38.4. The van der Waals surface area contributed by atoms with Gasteiger partial charge in [0.25, 0.3) is 0 Å². The first-order chi connectivity index (χ1) is 14.5. The van der Waals surface area contributed by atoms with Crippen LogP contribution in [-0.4, -0.2) is 32.3 Å². The summed E-state index contributed by atoms with van der Waals surface area (Å²) in [6.45, 7) is 0.712. The van der Waals surface area contributed by atoms with Crippen molar-refractivity contribution >= 4 is 16.0 Å². The second-order valence-electron chi connectivity index (χ2n) is 6.93. The van der Waals surface area contributed by atoms with Crippen LogP contribution in [-0.2, 0) is 23.0 Å². The minimum Gasteiger partial charge on any atom is -0.493 e. The number of fused-ring (bicyclic) bond motifs is 1. The number of benzene rings is 3. The SMILES string of the molecule is COc1ccccc1OC(=O)c1cccc(S(=O)(=O)N2CCc3ccccc3C2)c1. The van der Waals surface area contributed by atoms with Gasteiger partial charge in [-0.1, -0.05) is 42.5 Å². The maximum absolute atomic E-state index is 13.2. The molecule has 154 valence electrons. The van der Waals surface area contributed by atoms with Crippen molar-refractivity contribution in [3.63, 3.8) is 0 Å². The molecule has 3 aromatic rings. The Kier molecular flexibility index (Phi) is 5.57. The van der Waals surface area contributed by atoms with Crippen molar-refractivity contribution in [2.45, 2.75) is 17.9 Å². The molecule has 0 aliphatic carbocycles. The third kappa shape index (κ3) is 3.94. The minimum atomic E-state index is -3.75. The van der Waals surface area contributed by atoms with Crippen LogP contribution in [0.25, 0.3) is 0 Å². The lowest BCUT2D eigenvalue weighted by Crippen LogP contribution is -2.36. The van der Waals surface area contributed by atoms with Crippen LogP contribution in [0.2, 0.25) is 0 Å². The van der Waals surface area contributed by atoms with Crippen LogP contribution in [0.5, 0.6) is 11.5 Å². The Morgan fingerprint density at radius 2 is 1.60 bits per heavy atom. The van der Waals surface area contributed by atoms with Crippen LogP contribution in [0.4, 0.5) is 0 Å². The zero-order chi connectivity index (χ0) is 21.1. The van der Waals surface area contributed by atoms with Gasteiger partial charge in [0.1, 0.15) is 0 Å². The third-order valence-electron chi connectivity index (χ3n) is 5.07. The van der Waals surface area contributed by atoms with E-state index >= 15 is 0 Å². The van der Waals surface area contributed by atoms with E-state index in [1.807, 2.05) is 24.3 Å². The summed E-state index contributed by atoms with van der Waals surface area (Å²) in [7, 11) is -2.26. The Labute approximate surface area is 175 Å². The molecule has 1 aliphatic heterocycles. The number of hydrogen-bond acceptors (Lipinski definition) is 5. The van der Waals surface area contributed by atoms with Gasteiger partial charge in [-0.15, -0.1) is 0 Å². The molecule has 0 saturated heterocycles. The van der Waals surface area contributed by atoms with Gasteiger partial charge in [-0.05, 0) is 47.9 Å². The summed E-state index contributed by atoms with van der Waals surface area (Å²) in [6, 6.07) is 20.5. The fraction of sp³-hybridized carbons (Fsp3) is 0.174. The maximum atomic E-state index is 13.2. The molecule has 1 heterocycles. The van der Waals surface area contributed by atoms with Gasteiger partial charge in [-0.2, -0.15) is 4.31 Å². The number of carbonyl (C=O) groups is 1. The second kappa shape index (κ2) is 8.30. The maximum Gasteiger partial charge on any atom is 0.343 e. The van der Waals surface area contributed by atoms with Crippen molar-refractivity contribution in [3.8, 4) is 11.5 Å². The smallest absolute Gasteiger partial charge is 0.343 e. The highest BCUT2D eigenvalue weighted by Crippen LogP contribution is 2.28. The Bertz CT molecular complexity index is 1190. The van der Waals surface area contributed by atoms with E-state index in [-0.39, 0.29) is 16.2 Å². The highest BCUT2D eigenvalue weighted by atomic mass is 32.2. The molecule has 0 amide bonds. The molecule has 0 bridgehead atoms. The lowest BCUT2D eigenvalue weighted by molar-refractivity contribution is 0.0729. The van der Waals surface area contributed by atoms with Crippen molar-refractivity contribution < 1.29 is 22.7 Å². The molecule has 0 radical (unpaired) electrons. The number of nitrogens with zero attached hydrogens (tertiary/aromatic N) is 1. The number of ether oxygens (including phenoxy) is 2. The van der Waals surface area contributed by atoms with Crippen LogP contribution in [0.3, 0.4) is 0 Å². The minimum absolute atomic E-state index is 0.0661. The monoisotopic (exact) mass is 423 g/mol. The van der Waals surface area contributed by atoms with E-state index < -0.39 is 16.0 Å². The average molecular weight is 423 g/mol. The molecule has 0 N–H and O–H groups in total. The van der Waals surface area contributed by atoms with Crippen LogP contribution < -0.4 is 9.47 Å². The van der Waals surface area contributed by atoms with E-state index in [9.17, 15) is 13.2 Å². The fourth-order valence-corrected chi connectivity index (χ4v) is 4.93. The lowest BCUT2D eigenvalue weighted by Gasteiger charge is -2.28. The zero-order valence-electron chi connectivity index (χ0n) is 16.4. The fourth-order valence-electron chi connectivity index (χ4n) is 3.47. The molecule has 3 aromatic carbocycles. The van der Waals surface area contributed by atoms with E-state index in [0.717, 1.165) is 11.1 Å². The summed E-state index contributed by atoms with van der Waals surface area (Å²) in [6.07, 6.45) is 0.658. The molecule has 7 heteroatoms. The number of para-hydroxylation sites is 2. The second-order valence-corrected chi connectivity index (χ2v) is 8.86. The summed E-state index contributed by atoms with van der Waals surface area (Å²) in [5, 5.41) is 0. The first-order valence-corrected chi connectivity index (χ1v) is 11.0. The highest BCUT2D eigenvalue weighted by Gasteiger charge is 2.29. The van der Waals surface area contributed by atoms with Gasteiger partial charge in [0.2, 0.25) is 10.0 Å². The molecule has 0 saturated carbocycles. The van der Waals surface area contributed by atoms with Crippen molar-refractivity contribution in [1.29, 1.82) is 0 Å². The van der Waals surface area contributed by atoms with Gasteiger partial charge in [0.05, 0.1) is 17.6 Å². The van der Waals surface area contributed by atoms with Gasteiger partial charge < -0.3 is 9.47 Å². The first kappa shape index (κ1) is 20.1. The number of methoxy groups -OCH3 is 1. The van der Waals surface area contributed by atoms with Crippen LogP contribution in [0, 0.1) is 0 Å². The third-order valence-corrected chi connectivity index (χ3v) is 6.92. The molecule has 0 unspecified atom stereocenters. The quantitative estimate of drug-likeness (QED) is 0.463. The lowest BCUT2D eigenvalue weighted by atomic mass is 10.0. The van der Waals surface area contributed by atoms with Crippen LogP contribution >= 0.6 is 0 Å². The van der Waals surface area contributed by atoms with E-state index in [0.29, 0.717) is 25.3 Å². The zero-order valence-corrected chi connectivity index (χ0v) is 17.3. The Morgan fingerprint density at radius 3 is 2.37 bits per heavy atom. The molecule has 0 fully saturated rings. The molecule has 4 rings (SSSR count). The standard InChI is InChI=1S/C23H21NO5S/c1-28-21-11-4-5-12-22(21)29-23(25)18-9-6-10-20(15-18)30(26,27)24-14-13-17-7-2-3-8-19(17)16-24/h2-12,15H,13-14,16H2,1H3. The van der Waals surface area contributed by atoms with E-state index in [2.05, 4.69) is 0 Å². The number of sulfonamides is 1. The Morgan fingerprint density at radius 1 is 0.900 bits per heavy atom. The molecular weight excluding hydrogens is 402 g/mol. The summed E-state index contributed by atoms with van der Waals surface area (Å²) in [5.41, 5.74) is 2.32. The van der Waals surface area contributed by atoms with Crippen molar-refractivity contribution in [2.24, 2.45) is 0 Å². The van der Waals surface area contributed by atoms with E-state index in [1.165, 1.54) is 29.6 Å². The number of hydrogen-bond donors (Lipinski definition) is 0. The van der Waals surface area contributed by atoms with Gasteiger partial charge in [-0.3, -0.25) is 0 Å². The van der Waals surface area contributed by atoms with E-state index in [4.69, 9.17) is 9.47 Å². The molecule has 30 heavy (non-hydrogen) atoms. The van der Waals surface area contributed by atoms with E-state index in [1.54, 1.807) is 30.3 Å². The molecule has 0 aromatic heterocycles. The van der Waals surface area contributed by atoms with Crippen LogP contribution in [0.1, 0.15) is 21.5 Å². The van der Waals surface area contributed by atoms with Crippen molar-refractivity contribution in [3.05, 3.63) is 89.5 Å². The highest BCUT2D eigenvalue weighted by molar-refractivity contribution is 7.89. The summed E-state index contributed by atoms with van der Waals surface area (Å²) >= 11 is 0. The summed E-state index contributed by atoms with van der Waals surface area (Å²) in [5.74, 6) is 0.0352. The van der Waals surface area contributed by atoms with Gasteiger partial charge in [0, 0.05) is 13.1 Å². The Hall–Kier alpha value is -3.16. The normalized spacial score (nSPS) is 14.0. The molecule has 0 spiro atoms. The van der Waals surface area contributed by atoms with Gasteiger partial charge in [0.15, 0.2) is 11.5 Å². The number of rotatable bonds is 5. The summed E-state index contributed by atoms with van der Waals surface area (Å²) in [4.78, 5) is 12.7. The molecular formula is C23H21NO5S. The topological polar surface area (TPSA) is 72.9 Å². The largest absolute Gasteiger partial charge is 0.493 e. The first-order valence-electron chi connectivity index (χ1n) is 9.51. The van der Waals surface area contributed by atoms with Crippen molar-refractivity contribution in [2.75, 3.05) is 13.7 Å². The number of carbonyl (C=O) groups excluding carboxylic acids is 1. The molecule has 0 atom stereocenters. The molecule has 6 nitrogen and oxygen atoms in total. The van der Waals surface area contributed by atoms with Gasteiger partial charge >= 0.3 is 5.97 Å². The van der Waals surface area contributed by atoms with Crippen LogP contribution in [0.15, 0.2) is 77.7 Å². The van der Waals surface area contributed by atoms with Crippen molar-refractivity contribution in [1.82, 2.24) is 4.31 Å². The number of esters is 1.